The van der Waals surface area contributed by atoms with E-state index < -0.39 is 29.5 Å². The van der Waals surface area contributed by atoms with E-state index >= 15 is 0 Å². The maximum Gasteiger partial charge on any atom is 1.00 e. The molecule has 1 aliphatic heterocycles. The number of rotatable bonds is 3. The second kappa shape index (κ2) is 7.36. The average Bonchev–Trinajstić information content (AvgIpc) is 2.44. The number of anilines is 1. The zero-order chi connectivity index (χ0) is 15.6. The first-order valence-electron chi connectivity index (χ1n) is 6.17. The number of carbonyl (C=O) groups is 4. The molecule has 22 heavy (non-hydrogen) atoms. The number of hydrogen-bond acceptors (Lipinski definition) is 4. The van der Waals surface area contributed by atoms with E-state index in [1.165, 1.54) is 12.1 Å². The topological polar surface area (TPSA) is 74.8 Å². The second-order valence-corrected chi connectivity index (χ2v) is 4.46. The molecule has 6 nitrogen and oxygen atoms in total. The van der Waals surface area contributed by atoms with Crippen molar-refractivity contribution in [2.75, 3.05) is 11.4 Å². The quantitative estimate of drug-likeness (QED) is 0.365. The molecule has 2 rings (SSSR count). The number of benzene rings is 1. The summed E-state index contributed by atoms with van der Waals surface area (Å²) in [6.45, 7) is 0.839. The number of barbiturate groups is 1. The number of terminal acetylenes is 1. The molecule has 1 fully saturated rings. The van der Waals surface area contributed by atoms with Crippen LogP contribution >= 0.6 is 0 Å². The summed E-state index contributed by atoms with van der Waals surface area (Å²) in [6.07, 6.45) is 5.14. The van der Waals surface area contributed by atoms with Gasteiger partial charge in [-0.15, -0.1) is 6.42 Å². The Kier molecular flexibility index (Phi) is 6.06. The molecule has 1 aromatic carbocycles. The first-order valence-corrected chi connectivity index (χ1v) is 6.17. The third-order valence-corrected chi connectivity index (χ3v) is 3.07. The number of hydrogen-bond donors (Lipinski definition) is 0. The number of urea groups is 1. The summed E-state index contributed by atoms with van der Waals surface area (Å²) < 4.78 is 0. The van der Waals surface area contributed by atoms with Crippen molar-refractivity contribution in [3.05, 3.63) is 30.3 Å². The molecule has 0 N–H and O–H groups in total. The number of amides is 4. The minimum Gasteiger partial charge on any atom is -1.00 e. The molecule has 108 valence electrons. The fourth-order valence-corrected chi connectivity index (χ4v) is 2.10. The van der Waals surface area contributed by atoms with Gasteiger partial charge in [0.15, 0.2) is 11.7 Å². The molecule has 1 aliphatic rings. The molecular formula is C15H13N2NaO4. The summed E-state index contributed by atoms with van der Waals surface area (Å²) >= 11 is 0. The summed E-state index contributed by atoms with van der Waals surface area (Å²) in [4.78, 5) is 49.9. The van der Waals surface area contributed by atoms with Gasteiger partial charge in [0.25, 0.3) is 11.8 Å². The van der Waals surface area contributed by atoms with Gasteiger partial charge in [0.05, 0.1) is 12.2 Å². The van der Waals surface area contributed by atoms with Gasteiger partial charge >= 0.3 is 35.6 Å². The van der Waals surface area contributed by atoms with E-state index in [4.69, 9.17) is 6.42 Å². The number of para-hydroxylation sites is 1. The smallest absolute Gasteiger partial charge is 1.00 e. The van der Waals surface area contributed by atoms with Gasteiger partial charge in [0.2, 0.25) is 0 Å². The van der Waals surface area contributed by atoms with Crippen molar-refractivity contribution in [3.63, 3.8) is 0 Å². The van der Waals surface area contributed by atoms with E-state index in [1.54, 1.807) is 18.2 Å². The summed E-state index contributed by atoms with van der Waals surface area (Å²) in [5, 5.41) is 0. The van der Waals surface area contributed by atoms with Crippen LogP contribution in [0.3, 0.4) is 0 Å². The Morgan fingerprint density at radius 2 is 1.82 bits per heavy atom. The minimum absolute atomic E-state index is 0. The molecule has 0 aliphatic carbocycles. The van der Waals surface area contributed by atoms with E-state index in [9.17, 15) is 19.2 Å². The molecule has 1 heterocycles. The Hall–Kier alpha value is -1.94. The molecule has 0 spiro atoms. The van der Waals surface area contributed by atoms with Crippen molar-refractivity contribution in [2.24, 2.45) is 5.92 Å². The van der Waals surface area contributed by atoms with Crippen molar-refractivity contribution in [1.82, 2.24) is 4.90 Å². The van der Waals surface area contributed by atoms with Gasteiger partial charge < -0.3 is 1.43 Å². The van der Waals surface area contributed by atoms with E-state index in [0.717, 1.165) is 16.7 Å². The Labute approximate surface area is 151 Å². The molecule has 1 aromatic rings. The fourth-order valence-electron chi connectivity index (χ4n) is 2.10. The van der Waals surface area contributed by atoms with Gasteiger partial charge in [-0.25, -0.2) is 9.69 Å². The maximum absolute atomic E-state index is 12.3. The van der Waals surface area contributed by atoms with E-state index in [-0.39, 0.29) is 43.2 Å². The summed E-state index contributed by atoms with van der Waals surface area (Å²) in [5.41, 5.74) is 0.285. The fraction of sp³-hybridized carbons (Fsp3) is 0.200. The maximum atomic E-state index is 12.3. The van der Waals surface area contributed by atoms with Crippen molar-refractivity contribution < 1.29 is 50.2 Å². The number of imide groups is 2. The van der Waals surface area contributed by atoms with Crippen LogP contribution < -0.4 is 34.5 Å². The van der Waals surface area contributed by atoms with Crippen molar-refractivity contribution in [1.29, 1.82) is 0 Å². The standard InChI is InChI=1S/C15H12N2O4.Na.H/c1-3-9-16-13(19)12(10(2)18)14(20)17(15(16)21)11-7-5-4-6-8-11;;/h1,4-8,12H,9H2,2H3;;/q;+1;-1. The molecule has 0 saturated carbocycles. The Bertz CT molecular complexity index is 672. The zero-order valence-electron chi connectivity index (χ0n) is 13.3. The van der Waals surface area contributed by atoms with Crippen LogP contribution in [0.25, 0.3) is 0 Å². The third kappa shape index (κ3) is 3.12. The molecular weight excluding hydrogens is 295 g/mol. The normalized spacial score (nSPS) is 17.8. The van der Waals surface area contributed by atoms with Gasteiger partial charge in [0.1, 0.15) is 0 Å². The van der Waals surface area contributed by atoms with Gasteiger partial charge in [-0.3, -0.25) is 19.3 Å². The predicted octanol–water partition coefficient (Wildman–Crippen LogP) is -2.06. The number of carbonyl (C=O) groups excluding carboxylic acids is 4. The van der Waals surface area contributed by atoms with Crippen molar-refractivity contribution >= 4 is 29.3 Å². The van der Waals surface area contributed by atoms with Crippen molar-refractivity contribution in [3.8, 4) is 12.3 Å². The molecule has 7 heteroatoms. The SMILES string of the molecule is C#CCN1C(=O)C(C(C)=O)C(=O)N(c2ccccc2)C1=O.[H-].[Na+]. The van der Waals surface area contributed by atoms with Crippen LogP contribution in [0.1, 0.15) is 8.35 Å². The monoisotopic (exact) mass is 308 g/mol. The molecule has 1 unspecified atom stereocenters. The largest absolute Gasteiger partial charge is 1.00 e. The summed E-state index contributed by atoms with van der Waals surface area (Å²) in [7, 11) is 0. The van der Waals surface area contributed by atoms with Crippen LogP contribution in [0.4, 0.5) is 10.5 Å². The van der Waals surface area contributed by atoms with Crippen LogP contribution in [-0.2, 0) is 14.4 Å². The average molecular weight is 308 g/mol. The van der Waals surface area contributed by atoms with Crippen LogP contribution in [-0.4, -0.2) is 35.1 Å². The van der Waals surface area contributed by atoms with Crippen LogP contribution in [0.2, 0.25) is 0 Å². The molecule has 0 bridgehead atoms. The van der Waals surface area contributed by atoms with Gasteiger partial charge in [-0.2, -0.15) is 0 Å². The Balaban J connectivity index is 0.00000242. The molecule has 1 saturated heterocycles. The number of Topliss-reactive ketones (excluding diaryl/α,β-unsaturated/α-hetero) is 1. The first kappa shape index (κ1) is 18.1. The predicted molar refractivity (Wildman–Crippen MR) is 75.2 cm³/mol. The first-order chi connectivity index (χ1) is 9.99. The molecule has 0 radical (unpaired) electrons. The van der Waals surface area contributed by atoms with Gasteiger partial charge in [0, 0.05) is 0 Å². The van der Waals surface area contributed by atoms with Crippen LogP contribution in [0.15, 0.2) is 30.3 Å². The minimum atomic E-state index is -1.53. The number of nitrogens with zero attached hydrogens (tertiary/aromatic N) is 2. The van der Waals surface area contributed by atoms with Crippen molar-refractivity contribution in [2.45, 2.75) is 6.92 Å². The third-order valence-electron chi connectivity index (χ3n) is 3.07. The van der Waals surface area contributed by atoms with Gasteiger partial charge in [-0.1, -0.05) is 24.1 Å². The Morgan fingerprint density at radius 3 is 2.32 bits per heavy atom. The summed E-state index contributed by atoms with van der Waals surface area (Å²) in [5.74, 6) is -1.70. The Morgan fingerprint density at radius 1 is 1.23 bits per heavy atom. The van der Waals surface area contributed by atoms with E-state index in [2.05, 4.69) is 5.92 Å². The van der Waals surface area contributed by atoms with Crippen LogP contribution in [0, 0.1) is 18.3 Å². The number of ketones is 1. The molecule has 1 atom stereocenters. The molecule has 4 amide bonds. The summed E-state index contributed by atoms with van der Waals surface area (Å²) in [6, 6.07) is 7.23. The van der Waals surface area contributed by atoms with Crippen LogP contribution in [0.5, 0.6) is 0 Å². The zero-order valence-corrected chi connectivity index (χ0v) is 14.3. The van der Waals surface area contributed by atoms with E-state index in [0.29, 0.717) is 0 Å². The van der Waals surface area contributed by atoms with Gasteiger partial charge in [-0.05, 0) is 19.1 Å². The second-order valence-electron chi connectivity index (χ2n) is 4.46. The van der Waals surface area contributed by atoms with E-state index in [1.807, 2.05) is 0 Å². The molecule has 0 aromatic heterocycles.